The molecule has 1 aromatic heterocycles. The van der Waals surface area contributed by atoms with E-state index in [1.807, 2.05) is 37.3 Å². The monoisotopic (exact) mass is 274 g/mol. The van der Waals surface area contributed by atoms with E-state index in [1.165, 1.54) is 4.70 Å². The molecule has 1 heterocycles. The van der Waals surface area contributed by atoms with E-state index in [4.69, 9.17) is 0 Å². The molecule has 0 unspecified atom stereocenters. The van der Waals surface area contributed by atoms with Gasteiger partial charge in [-0.15, -0.1) is 11.3 Å². The number of hydrogen-bond acceptors (Lipinski definition) is 2. The lowest BCUT2D eigenvalue weighted by molar-refractivity contribution is 0.626. The topological polar surface area (TPSA) is 0 Å². The molecule has 0 nitrogen and oxygen atoms in total. The fourth-order valence-electron chi connectivity index (χ4n) is 1.89. The molecule has 0 aliphatic carbocycles. The summed E-state index contributed by atoms with van der Waals surface area (Å²) in [6, 6.07) is 13.3. The summed E-state index contributed by atoms with van der Waals surface area (Å²) in [7, 11) is 0. The Kier molecular flexibility index (Phi) is 3.10. The molecule has 0 N–H and O–H groups in total. The van der Waals surface area contributed by atoms with Crippen LogP contribution in [0.15, 0.2) is 57.6 Å². The molecule has 3 aromatic rings. The molecule has 0 amide bonds. The van der Waals surface area contributed by atoms with Gasteiger partial charge in [-0.25, -0.2) is 4.39 Å². The number of rotatable bonds is 2. The van der Waals surface area contributed by atoms with Crippen molar-refractivity contribution < 1.29 is 4.39 Å². The van der Waals surface area contributed by atoms with E-state index in [9.17, 15) is 4.39 Å². The molecular formula is C15H11FS2. The molecule has 0 bridgehead atoms. The van der Waals surface area contributed by atoms with Crippen molar-refractivity contribution in [3.05, 3.63) is 59.2 Å². The van der Waals surface area contributed by atoms with Gasteiger partial charge in [0.25, 0.3) is 0 Å². The molecule has 0 radical (unpaired) electrons. The third kappa shape index (κ3) is 2.16. The Morgan fingerprint density at radius 1 is 1.11 bits per heavy atom. The first-order chi connectivity index (χ1) is 8.74. The van der Waals surface area contributed by atoms with Crippen LogP contribution >= 0.6 is 23.1 Å². The molecule has 3 rings (SSSR count). The summed E-state index contributed by atoms with van der Waals surface area (Å²) in [4.78, 5) is 2.13. The van der Waals surface area contributed by atoms with Crippen LogP contribution in [0.3, 0.4) is 0 Å². The third-order valence-electron chi connectivity index (χ3n) is 2.77. The highest BCUT2D eigenvalue weighted by Crippen LogP contribution is 2.38. The van der Waals surface area contributed by atoms with Gasteiger partial charge in [-0.1, -0.05) is 30.0 Å². The lowest BCUT2D eigenvalue weighted by Crippen LogP contribution is -1.79. The van der Waals surface area contributed by atoms with Gasteiger partial charge in [0.1, 0.15) is 5.82 Å². The molecule has 0 aliphatic rings. The highest BCUT2D eigenvalue weighted by Gasteiger charge is 2.09. The minimum Gasteiger partial charge on any atom is -0.207 e. The Morgan fingerprint density at radius 2 is 1.89 bits per heavy atom. The van der Waals surface area contributed by atoms with Crippen molar-refractivity contribution in [1.29, 1.82) is 0 Å². The second-order valence-electron chi connectivity index (χ2n) is 4.11. The van der Waals surface area contributed by atoms with Crippen LogP contribution < -0.4 is 0 Å². The first kappa shape index (κ1) is 11.8. The zero-order valence-corrected chi connectivity index (χ0v) is 11.4. The lowest BCUT2D eigenvalue weighted by atomic mass is 10.2. The summed E-state index contributed by atoms with van der Waals surface area (Å²) in [5.74, 6) is -0.164. The second kappa shape index (κ2) is 4.75. The highest BCUT2D eigenvalue weighted by molar-refractivity contribution is 7.99. The number of aryl methyl sites for hydroxylation is 1. The van der Waals surface area contributed by atoms with Gasteiger partial charge in [0, 0.05) is 14.5 Å². The highest BCUT2D eigenvalue weighted by atomic mass is 32.2. The van der Waals surface area contributed by atoms with Crippen LogP contribution in [0.4, 0.5) is 4.39 Å². The number of halogens is 1. The van der Waals surface area contributed by atoms with Crippen LogP contribution in [0, 0.1) is 12.7 Å². The number of thiophene rings is 1. The van der Waals surface area contributed by atoms with Crippen molar-refractivity contribution in [3.63, 3.8) is 0 Å². The fraction of sp³-hybridized carbons (Fsp3) is 0.0667. The first-order valence-electron chi connectivity index (χ1n) is 5.64. The molecule has 0 atom stereocenters. The van der Waals surface area contributed by atoms with Gasteiger partial charge in [-0.05, 0) is 47.5 Å². The number of benzene rings is 2. The van der Waals surface area contributed by atoms with Gasteiger partial charge in [-0.2, -0.15) is 0 Å². The van der Waals surface area contributed by atoms with Crippen LogP contribution in [0.5, 0.6) is 0 Å². The van der Waals surface area contributed by atoms with Gasteiger partial charge in [0.2, 0.25) is 0 Å². The SMILES string of the molecule is Cc1csc2c(Sc3ccccc3)cc(F)cc12. The molecule has 18 heavy (non-hydrogen) atoms. The van der Waals surface area contributed by atoms with E-state index in [0.29, 0.717) is 0 Å². The standard InChI is InChI=1S/C15H11FS2/c1-10-9-17-15-13(10)7-11(16)8-14(15)18-12-5-3-2-4-6-12/h2-9H,1H3. The number of fused-ring (bicyclic) bond motifs is 1. The molecule has 90 valence electrons. The average Bonchev–Trinajstić information content (AvgIpc) is 2.73. The zero-order valence-electron chi connectivity index (χ0n) is 9.81. The summed E-state index contributed by atoms with van der Waals surface area (Å²) in [6.07, 6.45) is 0. The minimum atomic E-state index is -0.164. The van der Waals surface area contributed by atoms with E-state index in [0.717, 1.165) is 20.7 Å². The predicted molar refractivity (Wildman–Crippen MR) is 77.1 cm³/mol. The van der Waals surface area contributed by atoms with Crippen molar-refractivity contribution in [1.82, 2.24) is 0 Å². The predicted octanol–water partition coefficient (Wildman–Crippen LogP) is 5.50. The van der Waals surface area contributed by atoms with Gasteiger partial charge >= 0.3 is 0 Å². The molecule has 0 saturated carbocycles. The quantitative estimate of drug-likeness (QED) is 0.594. The van der Waals surface area contributed by atoms with Gasteiger partial charge in [-0.3, -0.25) is 0 Å². The van der Waals surface area contributed by atoms with Crippen LogP contribution in [-0.4, -0.2) is 0 Å². The molecule has 0 saturated heterocycles. The Labute approximate surface area is 113 Å². The summed E-state index contributed by atoms with van der Waals surface area (Å²) >= 11 is 3.30. The molecule has 0 fully saturated rings. The fourth-order valence-corrected chi connectivity index (χ4v) is 4.02. The summed E-state index contributed by atoms with van der Waals surface area (Å²) in [5, 5.41) is 3.11. The molecule has 0 aliphatic heterocycles. The Morgan fingerprint density at radius 3 is 2.67 bits per heavy atom. The van der Waals surface area contributed by atoms with Gasteiger partial charge in [0.15, 0.2) is 0 Å². The summed E-state index contributed by atoms with van der Waals surface area (Å²) in [6.45, 7) is 2.02. The van der Waals surface area contributed by atoms with E-state index < -0.39 is 0 Å². The van der Waals surface area contributed by atoms with E-state index in [2.05, 4.69) is 5.38 Å². The van der Waals surface area contributed by atoms with Crippen LogP contribution in [0.2, 0.25) is 0 Å². The van der Waals surface area contributed by atoms with Crippen LogP contribution in [-0.2, 0) is 0 Å². The van der Waals surface area contributed by atoms with Crippen LogP contribution in [0.1, 0.15) is 5.56 Å². The van der Waals surface area contributed by atoms with Crippen LogP contribution in [0.25, 0.3) is 10.1 Å². The Bertz CT molecular complexity index is 686. The lowest BCUT2D eigenvalue weighted by Gasteiger charge is -2.04. The van der Waals surface area contributed by atoms with Gasteiger partial charge < -0.3 is 0 Å². The number of hydrogen-bond donors (Lipinski definition) is 0. The van der Waals surface area contributed by atoms with E-state index >= 15 is 0 Å². The zero-order chi connectivity index (χ0) is 12.5. The maximum atomic E-state index is 13.6. The van der Waals surface area contributed by atoms with E-state index in [-0.39, 0.29) is 5.82 Å². The average molecular weight is 274 g/mol. The molecular weight excluding hydrogens is 263 g/mol. The third-order valence-corrected chi connectivity index (χ3v) is 5.09. The first-order valence-corrected chi connectivity index (χ1v) is 7.34. The normalized spacial score (nSPS) is 11.0. The Hall–Kier alpha value is -1.32. The van der Waals surface area contributed by atoms with Crippen molar-refractivity contribution in [2.75, 3.05) is 0 Å². The van der Waals surface area contributed by atoms with Crippen molar-refractivity contribution in [2.45, 2.75) is 16.7 Å². The van der Waals surface area contributed by atoms with Gasteiger partial charge in [0.05, 0.1) is 0 Å². The maximum absolute atomic E-state index is 13.6. The summed E-state index contributed by atoms with van der Waals surface area (Å²) < 4.78 is 14.8. The van der Waals surface area contributed by atoms with Crippen molar-refractivity contribution in [3.8, 4) is 0 Å². The molecule has 3 heteroatoms. The molecule has 0 spiro atoms. The van der Waals surface area contributed by atoms with E-state index in [1.54, 1.807) is 35.2 Å². The molecule has 2 aromatic carbocycles. The van der Waals surface area contributed by atoms with Crippen molar-refractivity contribution in [2.24, 2.45) is 0 Å². The van der Waals surface area contributed by atoms with Crippen molar-refractivity contribution >= 4 is 33.2 Å². The Balaban J connectivity index is 2.11. The largest absolute Gasteiger partial charge is 0.207 e. The minimum absolute atomic E-state index is 0.164. The maximum Gasteiger partial charge on any atom is 0.125 e. The smallest absolute Gasteiger partial charge is 0.125 e. The second-order valence-corrected chi connectivity index (χ2v) is 6.11. The summed E-state index contributed by atoms with van der Waals surface area (Å²) in [5.41, 5.74) is 1.14.